The van der Waals surface area contributed by atoms with E-state index < -0.39 is 24.3 Å². The topological polar surface area (TPSA) is 138 Å². The predicted molar refractivity (Wildman–Crippen MR) is 133 cm³/mol. The average Bonchev–Trinajstić information content (AvgIpc) is 3.59. The predicted octanol–water partition coefficient (Wildman–Crippen LogP) is 3.27. The number of halogens is 3. The number of nitriles is 1. The second-order valence-corrected chi connectivity index (χ2v) is 8.95. The summed E-state index contributed by atoms with van der Waals surface area (Å²) in [6.45, 7) is -0.736. The Morgan fingerprint density at radius 2 is 1.97 bits per heavy atom. The molecule has 0 bridgehead atoms. The lowest BCUT2D eigenvalue weighted by Crippen LogP contribution is -2.24. The molecule has 5 rings (SSSR count). The Bertz CT molecular complexity index is 1620. The van der Waals surface area contributed by atoms with E-state index in [0.717, 1.165) is 6.07 Å². The zero-order valence-corrected chi connectivity index (χ0v) is 20.9. The van der Waals surface area contributed by atoms with Gasteiger partial charge in [-0.2, -0.15) is 23.5 Å². The van der Waals surface area contributed by atoms with Crippen LogP contribution in [0.5, 0.6) is 0 Å². The third-order valence-electron chi connectivity index (χ3n) is 6.39. The Balaban J connectivity index is 1.64. The van der Waals surface area contributed by atoms with Crippen LogP contribution in [0.3, 0.4) is 0 Å². The van der Waals surface area contributed by atoms with Gasteiger partial charge >= 0.3 is 6.18 Å². The van der Waals surface area contributed by atoms with Crippen LogP contribution < -0.4 is 10.2 Å². The first-order chi connectivity index (χ1) is 18.6. The summed E-state index contributed by atoms with van der Waals surface area (Å²) in [7, 11) is 3.50. The standard InChI is InChI=1S/C25H22F3N9O2/c1-35-13-31-34-23(35)17-10-32-36(2)22(17)15-8-20(30-5-3-4-29)33-21(9-15)37-11-18-16(24(37)39)6-14(12-38)7-19(18)25(26,27)28/h6-10,13,38H,3,5,11-12H2,1-2H3,(H,30,33). The van der Waals surface area contributed by atoms with Crippen molar-refractivity contribution >= 4 is 17.5 Å². The number of aryl methyl sites for hydroxylation is 2. The van der Waals surface area contributed by atoms with Gasteiger partial charge in [0.05, 0.1) is 48.7 Å². The van der Waals surface area contributed by atoms with E-state index in [1.807, 2.05) is 6.07 Å². The highest BCUT2D eigenvalue weighted by Gasteiger charge is 2.41. The lowest BCUT2D eigenvalue weighted by molar-refractivity contribution is -0.138. The van der Waals surface area contributed by atoms with E-state index in [1.54, 1.807) is 41.7 Å². The van der Waals surface area contributed by atoms with Gasteiger partial charge in [-0.1, -0.05) is 0 Å². The molecule has 0 saturated carbocycles. The van der Waals surface area contributed by atoms with E-state index in [1.165, 1.54) is 17.3 Å². The van der Waals surface area contributed by atoms with E-state index >= 15 is 0 Å². The minimum absolute atomic E-state index is 0.0138. The first-order valence-electron chi connectivity index (χ1n) is 11.8. The van der Waals surface area contributed by atoms with Crippen LogP contribution in [0.25, 0.3) is 22.6 Å². The molecule has 11 nitrogen and oxygen atoms in total. The number of pyridine rings is 1. The maximum absolute atomic E-state index is 13.9. The highest BCUT2D eigenvalue weighted by atomic mass is 19.4. The van der Waals surface area contributed by atoms with Gasteiger partial charge in [0.2, 0.25) is 0 Å². The zero-order chi connectivity index (χ0) is 27.9. The average molecular weight is 538 g/mol. The van der Waals surface area contributed by atoms with E-state index in [4.69, 9.17) is 5.26 Å². The van der Waals surface area contributed by atoms with Crippen LogP contribution in [0.15, 0.2) is 36.8 Å². The van der Waals surface area contributed by atoms with Gasteiger partial charge in [-0.25, -0.2) is 4.98 Å². The second kappa shape index (κ2) is 9.84. The number of aliphatic hydroxyl groups is 1. The quantitative estimate of drug-likeness (QED) is 0.343. The molecule has 0 spiro atoms. The molecule has 0 saturated heterocycles. The van der Waals surface area contributed by atoms with Gasteiger partial charge in [0.15, 0.2) is 5.82 Å². The number of aromatic nitrogens is 6. The molecule has 3 aromatic heterocycles. The molecule has 4 heterocycles. The van der Waals surface area contributed by atoms with Crippen molar-refractivity contribution in [2.45, 2.75) is 25.7 Å². The molecule has 0 unspecified atom stereocenters. The number of amides is 1. The molecular weight excluding hydrogens is 515 g/mol. The summed E-state index contributed by atoms with van der Waals surface area (Å²) in [6, 6.07) is 7.46. The van der Waals surface area contributed by atoms with Crippen LogP contribution in [0.1, 0.15) is 33.5 Å². The number of nitrogens with one attached hydrogen (secondary N) is 1. The summed E-state index contributed by atoms with van der Waals surface area (Å²) >= 11 is 0. The van der Waals surface area contributed by atoms with Gasteiger partial charge in [0, 0.05) is 31.8 Å². The molecule has 1 aromatic carbocycles. The number of nitrogens with zero attached hydrogens (tertiary/aromatic N) is 8. The van der Waals surface area contributed by atoms with Crippen LogP contribution in [0, 0.1) is 11.3 Å². The van der Waals surface area contributed by atoms with E-state index in [0.29, 0.717) is 28.5 Å². The summed E-state index contributed by atoms with van der Waals surface area (Å²) in [5.41, 5.74) is 0.506. The third-order valence-corrected chi connectivity index (χ3v) is 6.39. The number of carbonyl (C=O) groups excluding carboxylic acids is 1. The third kappa shape index (κ3) is 4.68. The van der Waals surface area contributed by atoms with Crippen molar-refractivity contribution in [2.24, 2.45) is 14.1 Å². The SMILES string of the molecule is Cn1cnnc1-c1cnn(C)c1-c1cc(NCCC#N)nc(N2Cc3c(cc(CO)cc3C(F)(F)F)C2=O)c1. The van der Waals surface area contributed by atoms with Gasteiger partial charge in [-0.15, -0.1) is 10.2 Å². The number of aliphatic hydroxyl groups excluding tert-OH is 1. The molecule has 0 fully saturated rings. The van der Waals surface area contributed by atoms with Crippen LogP contribution >= 0.6 is 0 Å². The Morgan fingerprint density at radius 3 is 2.64 bits per heavy atom. The van der Waals surface area contributed by atoms with Crippen molar-refractivity contribution in [3.63, 3.8) is 0 Å². The molecule has 14 heteroatoms. The maximum Gasteiger partial charge on any atom is 0.416 e. The molecule has 1 aliphatic heterocycles. The number of carbonyl (C=O) groups is 1. The molecule has 200 valence electrons. The summed E-state index contributed by atoms with van der Waals surface area (Å²) in [5, 5.41) is 33.9. The summed E-state index contributed by atoms with van der Waals surface area (Å²) in [6.07, 6.45) is -1.38. The smallest absolute Gasteiger partial charge is 0.392 e. The highest BCUT2D eigenvalue weighted by Crippen LogP contribution is 2.40. The van der Waals surface area contributed by atoms with Crippen LogP contribution in [0.2, 0.25) is 0 Å². The van der Waals surface area contributed by atoms with Gasteiger partial charge in [-0.05, 0) is 35.4 Å². The number of rotatable bonds is 7. The molecule has 0 radical (unpaired) electrons. The fourth-order valence-corrected chi connectivity index (χ4v) is 4.60. The number of fused-ring (bicyclic) bond motifs is 1. The lowest BCUT2D eigenvalue weighted by Gasteiger charge is -2.18. The van der Waals surface area contributed by atoms with E-state index in [-0.39, 0.29) is 42.0 Å². The minimum Gasteiger partial charge on any atom is -0.392 e. The molecule has 0 aliphatic carbocycles. The normalized spacial score (nSPS) is 13.1. The lowest BCUT2D eigenvalue weighted by atomic mass is 9.99. The fourth-order valence-electron chi connectivity index (χ4n) is 4.60. The number of hydrogen-bond donors (Lipinski definition) is 2. The molecule has 1 aliphatic rings. The molecule has 4 aromatic rings. The first-order valence-corrected chi connectivity index (χ1v) is 11.8. The maximum atomic E-state index is 13.9. The van der Waals surface area contributed by atoms with Gasteiger partial charge < -0.3 is 15.0 Å². The van der Waals surface area contributed by atoms with E-state index in [9.17, 15) is 23.1 Å². The first kappa shape index (κ1) is 25.9. The summed E-state index contributed by atoms with van der Waals surface area (Å²) in [5.74, 6) is 0.291. The van der Waals surface area contributed by atoms with Crippen molar-refractivity contribution in [1.82, 2.24) is 29.5 Å². The second-order valence-electron chi connectivity index (χ2n) is 8.95. The zero-order valence-electron chi connectivity index (χ0n) is 20.9. The highest BCUT2D eigenvalue weighted by molar-refractivity contribution is 6.10. The molecule has 0 atom stereocenters. The van der Waals surface area contributed by atoms with Crippen molar-refractivity contribution in [3.8, 4) is 28.7 Å². The Morgan fingerprint density at radius 1 is 1.18 bits per heavy atom. The van der Waals surface area contributed by atoms with Crippen LogP contribution in [0.4, 0.5) is 24.8 Å². The Kier molecular flexibility index (Phi) is 6.52. The van der Waals surface area contributed by atoms with Gasteiger partial charge in [-0.3, -0.25) is 14.4 Å². The van der Waals surface area contributed by atoms with Crippen molar-refractivity contribution in [1.29, 1.82) is 5.26 Å². The number of anilines is 2. The van der Waals surface area contributed by atoms with Crippen LogP contribution in [-0.4, -0.2) is 47.1 Å². The Hall–Kier alpha value is -4.77. The van der Waals surface area contributed by atoms with Crippen molar-refractivity contribution in [3.05, 3.63) is 59.0 Å². The van der Waals surface area contributed by atoms with Gasteiger partial charge in [0.25, 0.3) is 5.91 Å². The number of alkyl halides is 3. The van der Waals surface area contributed by atoms with E-state index in [2.05, 4.69) is 25.6 Å². The van der Waals surface area contributed by atoms with Crippen molar-refractivity contribution in [2.75, 3.05) is 16.8 Å². The molecule has 39 heavy (non-hydrogen) atoms. The number of hydrogen-bond acceptors (Lipinski definition) is 8. The van der Waals surface area contributed by atoms with Gasteiger partial charge in [0.1, 0.15) is 18.0 Å². The minimum atomic E-state index is -4.72. The molecule has 1 amide bonds. The number of benzene rings is 1. The van der Waals surface area contributed by atoms with Crippen LogP contribution in [-0.2, 0) is 33.4 Å². The molecule has 2 N–H and O–H groups in total. The Labute approximate surface area is 220 Å². The summed E-state index contributed by atoms with van der Waals surface area (Å²) < 4.78 is 44.9. The molecular formula is C25H22F3N9O2. The largest absolute Gasteiger partial charge is 0.416 e. The van der Waals surface area contributed by atoms with Crippen molar-refractivity contribution < 1.29 is 23.1 Å². The fraction of sp³-hybridized carbons (Fsp3) is 0.280. The summed E-state index contributed by atoms with van der Waals surface area (Å²) in [4.78, 5) is 19.1. The monoisotopic (exact) mass is 537 g/mol.